The highest BCUT2D eigenvalue weighted by Gasteiger charge is 2.34. The zero-order valence-electron chi connectivity index (χ0n) is 8.27. The Kier molecular flexibility index (Phi) is 2.49. The van der Waals surface area contributed by atoms with E-state index in [9.17, 15) is 18.0 Å². The van der Waals surface area contributed by atoms with Crippen LogP contribution in [0.5, 0.6) is 0 Å². The smallest absolute Gasteiger partial charge is 0.435 e. The monoisotopic (exact) mass is 245 g/mol. The molecule has 0 radical (unpaired) electrons. The van der Waals surface area contributed by atoms with E-state index in [0.29, 0.717) is 0 Å². The van der Waals surface area contributed by atoms with Crippen LogP contribution >= 0.6 is 0 Å². The van der Waals surface area contributed by atoms with Crippen LogP contribution in [0.4, 0.5) is 13.2 Å². The first kappa shape index (κ1) is 11.4. The van der Waals surface area contributed by atoms with Crippen molar-refractivity contribution in [3.8, 4) is 0 Å². The molecule has 0 aliphatic heterocycles. The summed E-state index contributed by atoms with van der Waals surface area (Å²) in [5.41, 5.74) is -0.759. The Morgan fingerprint density at radius 1 is 1.47 bits per heavy atom. The largest absolute Gasteiger partial charge is 0.481 e. The molecule has 8 heteroatoms. The van der Waals surface area contributed by atoms with Crippen molar-refractivity contribution in [3.05, 3.63) is 29.7 Å². The summed E-state index contributed by atoms with van der Waals surface area (Å²) in [6, 6.07) is 0.796. The molecule has 2 aromatic rings. The van der Waals surface area contributed by atoms with Crippen LogP contribution in [0.1, 0.15) is 11.3 Å². The molecule has 0 saturated heterocycles. The minimum absolute atomic E-state index is 0.0199. The van der Waals surface area contributed by atoms with E-state index in [1.54, 1.807) is 0 Å². The summed E-state index contributed by atoms with van der Waals surface area (Å²) >= 11 is 0. The molecule has 0 bridgehead atoms. The van der Waals surface area contributed by atoms with Gasteiger partial charge in [-0.1, -0.05) is 0 Å². The average Bonchev–Trinajstić information content (AvgIpc) is 2.58. The van der Waals surface area contributed by atoms with Crippen molar-refractivity contribution in [3.63, 3.8) is 0 Å². The van der Waals surface area contributed by atoms with Gasteiger partial charge in [-0.3, -0.25) is 4.79 Å². The fraction of sp³-hybridized carbons (Fsp3) is 0.222. The summed E-state index contributed by atoms with van der Waals surface area (Å²) in [7, 11) is 0. The number of halogens is 3. The molecule has 2 rings (SSSR count). The van der Waals surface area contributed by atoms with Gasteiger partial charge in [0.15, 0.2) is 11.3 Å². The average molecular weight is 245 g/mol. The minimum Gasteiger partial charge on any atom is -0.481 e. The number of hydrogen-bond donors (Lipinski definition) is 1. The van der Waals surface area contributed by atoms with Gasteiger partial charge in [-0.15, -0.1) is 0 Å². The van der Waals surface area contributed by atoms with E-state index < -0.39 is 17.8 Å². The van der Waals surface area contributed by atoms with Crippen molar-refractivity contribution in [1.82, 2.24) is 14.6 Å². The number of fused-ring (bicyclic) bond motifs is 1. The molecule has 0 atom stereocenters. The molecule has 90 valence electrons. The minimum atomic E-state index is -4.54. The third kappa shape index (κ3) is 2.35. The van der Waals surface area contributed by atoms with Crippen LogP contribution in [-0.2, 0) is 17.4 Å². The molecule has 0 amide bonds. The van der Waals surface area contributed by atoms with Crippen LogP contribution in [0.25, 0.3) is 5.65 Å². The number of nitrogens with zero attached hydrogens (tertiary/aromatic N) is 3. The maximum absolute atomic E-state index is 12.3. The SMILES string of the molecule is O=C(O)Cc1cnc2cc(C(F)(F)F)nn2c1. The third-order valence-electron chi connectivity index (χ3n) is 2.01. The second-order valence-electron chi connectivity index (χ2n) is 3.36. The Hall–Kier alpha value is -2.12. The van der Waals surface area contributed by atoms with Crippen LogP contribution in [0.15, 0.2) is 18.5 Å². The lowest BCUT2D eigenvalue weighted by Gasteiger charge is -1.99. The third-order valence-corrected chi connectivity index (χ3v) is 2.01. The van der Waals surface area contributed by atoms with Crippen LogP contribution in [-0.4, -0.2) is 25.7 Å². The van der Waals surface area contributed by atoms with Crippen LogP contribution < -0.4 is 0 Å². The van der Waals surface area contributed by atoms with Gasteiger partial charge in [-0.25, -0.2) is 9.50 Å². The van der Waals surface area contributed by atoms with Gasteiger partial charge in [0.2, 0.25) is 0 Å². The highest BCUT2D eigenvalue weighted by atomic mass is 19.4. The summed E-state index contributed by atoms with van der Waals surface area (Å²) in [5, 5.41) is 11.8. The topological polar surface area (TPSA) is 67.5 Å². The predicted molar refractivity (Wildman–Crippen MR) is 49.3 cm³/mol. The molecule has 0 aromatic carbocycles. The van der Waals surface area contributed by atoms with Crippen molar-refractivity contribution in [2.45, 2.75) is 12.6 Å². The van der Waals surface area contributed by atoms with Gasteiger partial charge in [0.25, 0.3) is 0 Å². The van der Waals surface area contributed by atoms with E-state index in [1.165, 1.54) is 12.4 Å². The van der Waals surface area contributed by atoms with Gasteiger partial charge in [0.05, 0.1) is 6.42 Å². The molecule has 0 aliphatic rings. The van der Waals surface area contributed by atoms with Crippen LogP contribution in [0.2, 0.25) is 0 Å². The highest BCUT2D eigenvalue weighted by Crippen LogP contribution is 2.28. The van der Waals surface area contributed by atoms with E-state index in [2.05, 4.69) is 10.1 Å². The molecule has 0 fully saturated rings. The molecular formula is C9H6F3N3O2. The van der Waals surface area contributed by atoms with Gasteiger partial charge >= 0.3 is 12.1 Å². The van der Waals surface area contributed by atoms with Gasteiger partial charge in [-0.2, -0.15) is 18.3 Å². The molecule has 0 unspecified atom stereocenters. The molecule has 1 N–H and O–H groups in total. The number of aliphatic carboxylic acids is 1. The zero-order valence-corrected chi connectivity index (χ0v) is 8.27. The zero-order chi connectivity index (χ0) is 12.6. The lowest BCUT2D eigenvalue weighted by Crippen LogP contribution is -2.06. The Labute approximate surface area is 92.5 Å². The maximum atomic E-state index is 12.3. The molecule has 5 nitrogen and oxygen atoms in total. The molecular weight excluding hydrogens is 239 g/mol. The number of carboxylic acids is 1. The lowest BCUT2D eigenvalue weighted by molar-refractivity contribution is -0.141. The fourth-order valence-electron chi connectivity index (χ4n) is 1.32. The second-order valence-corrected chi connectivity index (χ2v) is 3.36. The molecule has 2 heterocycles. The van der Waals surface area contributed by atoms with Gasteiger partial charge in [0.1, 0.15) is 0 Å². The summed E-state index contributed by atoms with van der Waals surface area (Å²) in [5.74, 6) is -1.09. The van der Waals surface area contributed by atoms with Crippen LogP contribution in [0, 0.1) is 0 Å². The van der Waals surface area contributed by atoms with Crippen molar-refractivity contribution in [2.24, 2.45) is 0 Å². The van der Waals surface area contributed by atoms with Crippen molar-refractivity contribution in [2.75, 3.05) is 0 Å². The number of carboxylic acid groups (broad SMARTS) is 1. The van der Waals surface area contributed by atoms with Gasteiger partial charge in [0, 0.05) is 18.5 Å². The quantitative estimate of drug-likeness (QED) is 0.867. The van der Waals surface area contributed by atoms with Crippen molar-refractivity contribution >= 4 is 11.6 Å². The Morgan fingerprint density at radius 3 is 2.76 bits per heavy atom. The van der Waals surface area contributed by atoms with Gasteiger partial charge in [-0.05, 0) is 5.56 Å². The predicted octanol–water partition coefficient (Wildman–Crippen LogP) is 1.38. The number of carbonyl (C=O) groups is 1. The normalized spacial score (nSPS) is 11.9. The summed E-state index contributed by atoms with van der Waals surface area (Å²) in [6.07, 6.45) is -2.43. The number of alkyl halides is 3. The van der Waals surface area contributed by atoms with E-state index in [0.717, 1.165) is 10.6 Å². The Balaban J connectivity index is 2.44. The van der Waals surface area contributed by atoms with Crippen molar-refractivity contribution in [1.29, 1.82) is 0 Å². The molecule has 0 saturated carbocycles. The Morgan fingerprint density at radius 2 is 2.18 bits per heavy atom. The summed E-state index contributed by atoms with van der Waals surface area (Å²) < 4.78 is 37.9. The molecule has 2 aromatic heterocycles. The molecule has 0 spiro atoms. The Bertz CT molecular complexity index is 576. The second kappa shape index (κ2) is 3.72. The first-order chi connectivity index (χ1) is 7.86. The molecule has 17 heavy (non-hydrogen) atoms. The van der Waals surface area contributed by atoms with Crippen molar-refractivity contribution < 1.29 is 23.1 Å². The van der Waals surface area contributed by atoms with E-state index in [1.807, 2.05) is 0 Å². The lowest BCUT2D eigenvalue weighted by atomic mass is 10.2. The summed E-state index contributed by atoms with van der Waals surface area (Å²) in [6.45, 7) is 0. The van der Waals surface area contributed by atoms with E-state index in [-0.39, 0.29) is 17.6 Å². The number of rotatable bonds is 2. The number of hydrogen-bond acceptors (Lipinski definition) is 3. The fourth-order valence-corrected chi connectivity index (χ4v) is 1.32. The summed E-state index contributed by atoms with van der Waals surface area (Å²) in [4.78, 5) is 14.1. The molecule has 0 aliphatic carbocycles. The highest BCUT2D eigenvalue weighted by molar-refractivity contribution is 5.70. The standard InChI is InChI=1S/C9H6F3N3O2/c10-9(11,12)6-2-7-13-3-5(1-8(16)17)4-15(7)14-6/h2-4H,1H2,(H,16,17). The van der Waals surface area contributed by atoms with Gasteiger partial charge < -0.3 is 5.11 Å². The van der Waals surface area contributed by atoms with Crippen LogP contribution in [0.3, 0.4) is 0 Å². The maximum Gasteiger partial charge on any atom is 0.435 e. The number of aromatic nitrogens is 3. The first-order valence-corrected chi connectivity index (χ1v) is 4.49. The van der Waals surface area contributed by atoms with E-state index >= 15 is 0 Å². The first-order valence-electron chi connectivity index (χ1n) is 4.49. The van der Waals surface area contributed by atoms with E-state index in [4.69, 9.17) is 5.11 Å².